The van der Waals surface area contributed by atoms with E-state index >= 15 is 0 Å². The van der Waals surface area contributed by atoms with Gasteiger partial charge in [-0.15, -0.1) is 0 Å². The molecule has 26 heavy (non-hydrogen) atoms. The molecule has 3 atom stereocenters. The first-order chi connectivity index (χ1) is 12.6. The fourth-order valence-corrected chi connectivity index (χ4v) is 3.16. The van der Waals surface area contributed by atoms with Gasteiger partial charge in [-0.1, -0.05) is 50.2 Å². The van der Waals surface area contributed by atoms with Crippen molar-refractivity contribution in [1.82, 2.24) is 10.3 Å². The highest BCUT2D eigenvalue weighted by molar-refractivity contribution is 5.79. The van der Waals surface area contributed by atoms with E-state index in [9.17, 15) is 9.18 Å². The number of alkyl halides is 1. The van der Waals surface area contributed by atoms with Crippen molar-refractivity contribution in [3.05, 3.63) is 65.5 Å². The van der Waals surface area contributed by atoms with Crippen LogP contribution in [0.25, 0.3) is 0 Å². The number of nitrogens with one attached hydrogen (secondary N) is 1. The lowest BCUT2D eigenvalue weighted by Crippen LogP contribution is -2.34. The van der Waals surface area contributed by atoms with E-state index in [-0.39, 0.29) is 24.3 Å². The van der Waals surface area contributed by atoms with E-state index in [1.165, 1.54) is 18.4 Å². The van der Waals surface area contributed by atoms with Crippen LogP contribution in [-0.4, -0.2) is 17.1 Å². The molecule has 3 nitrogen and oxygen atoms in total. The van der Waals surface area contributed by atoms with Gasteiger partial charge in [0.1, 0.15) is 6.17 Å². The van der Waals surface area contributed by atoms with Gasteiger partial charge in [0.15, 0.2) is 0 Å². The second-order valence-corrected chi connectivity index (χ2v) is 7.29. The number of benzene rings is 1. The van der Waals surface area contributed by atoms with Crippen molar-refractivity contribution in [3.63, 3.8) is 0 Å². The van der Waals surface area contributed by atoms with Gasteiger partial charge >= 0.3 is 0 Å². The Labute approximate surface area is 155 Å². The van der Waals surface area contributed by atoms with Crippen molar-refractivity contribution in [2.75, 3.05) is 0 Å². The molecular formula is C22H27FN2O. The monoisotopic (exact) mass is 354 g/mol. The third kappa shape index (κ3) is 4.69. The molecule has 0 spiro atoms. The van der Waals surface area contributed by atoms with Gasteiger partial charge in [0, 0.05) is 12.1 Å². The molecule has 1 amide bonds. The zero-order valence-electron chi connectivity index (χ0n) is 15.5. The number of amides is 1. The lowest BCUT2D eigenvalue weighted by molar-refractivity contribution is -0.125. The largest absolute Gasteiger partial charge is 0.343 e. The Bertz CT molecular complexity index is 713. The van der Waals surface area contributed by atoms with Crippen LogP contribution in [0.2, 0.25) is 0 Å². The fraction of sp³-hybridized carbons (Fsp3) is 0.455. The average Bonchev–Trinajstić information content (AvgIpc) is 3.52. The summed E-state index contributed by atoms with van der Waals surface area (Å²) in [6.45, 7) is 3.58. The quantitative estimate of drug-likeness (QED) is 0.729. The van der Waals surface area contributed by atoms with Gasteiger partial charge in [-0.2, -0.15) is 0 Å². The summed E-state index contributed by atoms with van der Waals surface area (Å²) < 4.78 is 13.7. The zero-order chi connectivity index (χ0) is 18.5. The summed E-state index contributed by atoms with van der Waals surface area (Å²) in [6, 6.07) is 13.6. The summed E-state index contributed by atoms with van der Waals surface area (Å²) in [5, 5.41) is 3.08. The van der Waals surface area contributed by atoms with Gasteiger partial charge in [0.25, 0.3) is 0 Å². The molecule has 4 heteroatoms. The van der Waals surface area contributed by atoms with E-state index in [2.05, 4.69) is 16.4 Å². The van der Waals surface area contributed by atoms with Gasteiger partial charge in [-0.05, 0) is 48.8 Å². The number of rotatable bonds is 8. The van der Waals surface area contributed by atoms with E-state index in [0.29, 0.717) is 12.3 Å². The molecule has 2 aromatic rings. The number of carbonyl (C=O) groups excluding carboxylic acids is 1. The van der Waals surface area contributed by atoms with Crippen LogP contribution in [0.1, 0.15) is 68.3 Å². The Kier molecular flexibility index (Phi) is 6.02. The molecule has 0 saturated heterocycles. The summed E-state index contributed by atoms with van der Waals surface area (Å²) >= 11 is 0. The number of carbonyl (C=O) groups is 1. The lowest BCUT2D eigenvalue weighted by Gasteiger charge is -2.22. The smallest absolute Gasteiger partial charge is 0.223 e. The minimum atomic E-state index is -0.943. The van der Waals surface area contributed by atoms with Crippen molar-refractivity contribution < 1.29 is 9.18 Å². The molecule has 1 aromatic heterocycles. The van der Waals surface area contributed by atoms with Crippen molar-refractivity contribution in [1.29, 1.82) is 0 Å². The molecule has 0 bridgehead atoms. The molecule has 1 aliphatic rings. The Morgan fingerprint density at radius 2 is 1.96 bits per heavy atom. The van der Waals surface area contributed by atoms with Crippen LogP contribution in [0, 0.1) is 5.92 Å². The molecular weight excluding hydrogens is 327 g/mol. The van der Waals surface area contributed by atoms with Gasteiger partial charge in [-0.25, -0.2) is 4.39 Å². The van der Waals surface area contributed by atoms with Crippen molar-refractivity contribution in [2.45, 2.75) is 57.7 Å². The Morgan fingerprint density at radius 1 is 1.23 bits per heavy atom. The normalized spacial score (nSPS) is 17.3. The second-order valence-electron chi connectivity index (χ2n) is 7.29. The third-order valence-corrected chi connectivity index (χ3v) is 5.07. The van der Waals surface area contributed by atoms with E-state index in [4.69, 9.17) is 0 Å². The van der Waals surface area contributed by atoms with Crippen LogP contribution in [0.4, 0.5) is 4.39 Å². The number of halogens is 1. The highest BCUT2D eigenvalue weighted by atomic mass is 19.1. The fourth-order valence-electron chi connectivity index (χ4n) is 3.16. The maximum Gasteiger partial charge on any atom is 0.223 e. The standard InChI is InChI=1S/C22H27FN2O/c1-3-19(23)13-15(2)22(26)25-21(17-7-5-4-6-8-17)20-12-11-18(14-24-20)16-9-10-16/h4-8,11-12,14-16,19,21H,3,9-10,13H2,1-2H3,(H,25,26)/t15-,19-,21?/m0/s1. The summed E-state index contributed by atoms with van der Waals surface area (Å²) in [5.74, 6) is 0.141. The molecule has 1 heterocycles. The number of aromatic nitrogens is 1. The molecule has 1 aliphatic carbocycles. The summed E-state index contributed by atoms with van der Waals surface area (Å²) in [6.07, 6.45) is 4.13. The van der Waals surface area contributed by atoms with Crippen molar-refractivity contribution in [3.8, 4) is 0 Å². The zero-order valence-corrected chi connectivity index (χ0v) is 15.5. The van der Waals surface area contributed by atoms with Crippen molar-refractivity contribution in [2.24, 2.45) is 5.92 Å². The molecule has 1 N–H and O–H groups in total. The summed E-state index contributed by atoms with van der Waals surface area (Å²) in [7, 11) is 0. The van der Waals surface area contributed by atoms with Gasteiger partial charge in [0.05, 0.1) is 11.7 Å². The predicted molar refractivity (Wildman–Crippen MR) is 102 cm³/mol. The molecule has 1 aromatic carbocycles. The topological polar surface area (TPSA) is 42.0 Å². The highest BCUT2D eigenvalue weighted by Crippen LogP contribution is 2.39. The van der Waals surface area contributed by atoms with Crippen LogP contribution in [0.15, 0.2) is 48.7 Å². The number of pyridine rings is 1. The lowest BCUT2D eigenvalue weighted by atomic mass is 9.98. The predicted octanol–water partition coefficient (Wildman–Crippen LogP) is 4.94. The molecule has 1 saturated carbocycles. The van der Waals surface area contributed by atoms with Crippen LogP contribution in [0.5, 0.6) is 0 Å². The molecule has 0 aliphatic heterocycles. The number of hydrogen-bond donors (Lipinski definition) is 1. The number of hydrogen-bond acceptors (Lipinski definition) is 2. The van der Waals surface area contributed by atoms with E-state index in [1.54, 1.807) is 13.8 Å². The first kappa shape index (κ1) is 18.6. The summed E-state index contributed by atoms with van der Waals surface area (Å²) in [5.41, 5.74) is 3.06. The average molecular weight is 354 g/mol. The first-order valence-corrected chi connectivity index (χ1v) is 9.53. The molecule has 0 radical (unpaired) electrons. The minimum absolute atomic E-state index is 0.136. The van der Waals surface area contributed by atoms with E-state index in [0.717, 1.165) is 11.3 Å². The number of nitrogens with zero attached hydrogens (tertiary/aromatic N) is 1. The molecule has 1 fully saturated rings. The van der Waals surface area contributed by atoms with Gasteiger partial charge in [-0.3, -0.25) is 9.78 Å². The third-order valence-electron chi connectivity index (χ3n) is 5.07. The maximum atomic E-state index is 13.7. The van der Waals surface area contributed by atoms with E-state index < -0.39 is 6.17 Å². The van der Waals surface area contributed by atoms with Crippen molar-refractivity contribution >= 4 is 5.91 Å². The Morgan fingerprint density at radius 3 is 2.54 bits per heavy atom. The first-order valence-electron chi connectivity index (χ1n) is 9.53. The molecule has 3 rings (SSSR count). The van der Waals surface area contributed by atoms with Gasteiger partial charge in [0.2, 0.25) is 5.91 Å². The van der Waals surface area contributed by atoms with Crippen LogP contribution < -0.4 is 5.32 Å². The van der Waals surface area contributed by atoms with Crippen LogP contribution >= 0.6 is 0 Å². The van der Waals surface area contributed by atoms with Crippen LogP contribution in [0.3, 0.4) is 0 Å². The highest BCUT2D eigenvalue weighted by Gasteiger charge is 2.26. The Balaban J connectivity index is 1.78. The minimum Gasteiger partial charge on any atom is -0.343 e. The van der Waals surface area contributed by atoms with Gasteiger partial charge < -0.3 is 5.32 Å². The SMILES string of the molecule is CC[C@H](F)C[C@H](C)C(=O)NC(c1ccccc1)c1ccc(C2CC2)cn1. The molecule has 1 unspecified atom stereocenters. The Hall–Kier alpha value is -2.23. The maximum absolute atomic E-state index is 13.7. The second kappa shape index (κ2) is 8.43. The summed E-state index contributed by atoms with van der Waals surface area (Å²) in [4.78, 5) is 17.2. The molecule has 138 valence electrons. The van der Waals surface area contributed by atoms with E-state index in [1.807, 2.05) is 42.6 Å². The van der Waals surface area contributed by atoms with Crippen LogP contribution in [-0.2, 0) is 4.79 Å².